The number of para-hydroxylation sites is 2. The fourth-order valence-electron chi connectivity index (χ4n) is 6.20. The zero-order chi connectivity index (χ0) is 26.9. The van der Waals surface area contributed by atoms with Gasteiger partial charge in [-0.25, -0.2) is 0 Å². The first-order valence-electron chi connectivity index (χ1n) is 13.7. The molecule has 0 aliphatic heterocycles. The van der Waals surface area contributed by atoms with Crippen LogP contribution >= 0.6 is 0 Å². The van der Waals surface area contributed by atoms with Gasteiger partial charge >= 0.3 is 0 Å². The van der Waals surface area contributed by atoms with Gasteiger partial charge in [0.15, 0.2) is 0 Å². The molecule has 2 heterocycles. The van der Waals surface area contributed by atoms with Crippen molar-refractivity contribution in [2.45, 2.75) is 26.3 Å². The smallest absolute Gasteiger partial charge is 0.0547 e. The summed E-state index contributed by atoms with van der Waals surface area (Å²) in [6, 6.07) is 40.2. The van der Waals surface area contributed by atoms with Crippen molar-refractivity contribution in [3.05, 3.63) is 109 Å². The third-order valence-electron chi connectivity index (χ3n) is 7.97. The minimum atomic E-state index is -0.00908. The number of rotatable bonds is 3. The van der Waals surface area contributed by atoms with Crippen molar-refractivity contribution in [2.24, 2.45) is 0 Å². The molecular formula is C36H33N3. The van der Waals surface area contributed by atoms with Crippen LogP contribution in [-0.4, -0.2) is 23.2 Å². The second kappa shape index (κ2) is 8.51. The Labute approximate surface area is 229 Å². The van der Waals surface area contributed by atoms with Crippen molar-refractivity contribution in [3.8, 4) is 16.8 Å². The topological polar surface area (TPSA) is 13.1 Å². The summed E-state index contributed by atoms with van der Waals surface area (Å²) < 4.78 is 4.87. The van der Waals surface area contributed by atoms with Gasteiger partial charge in [0.05, 0.1) is 11.0 Å². The first kappa shape index (κ1) is 23.6. The highest BCUT2D eigenvalue weighted by Gasteiger charge is 2.21. The molecule has 0 spiro atoms. The van der Waals surface area contributed by atoms with Crippen LogP contribution in [0.15, 0.2) is 109 Å². The zero-order valence-electron chi connectivity index (χ0n) is 23.2. The standard InChI is InChI=1S/C36H33N3/c1-36(2,3)39-33-13-9-7-11-29(33)31-22-24(15-21-34(31)39)25-14-20-30-28-10-6-8-12-32(28)38(35(30)23-25)27-18-16-26(17-19-27)37(4)5/h6-23H,1-5H3. The molecule has 0 aliphatic rings. The van der Waals surface area contributed by atoms with Crippen molar-refractivity contribution in [1.82, 2.24) is 9.13 Å². The molecule has 2 aromatic heterocycles. The molecular weight excluding hydrogens is 474 g/mol. The molecule has 3 nitrogen and oxygen atoms in total. The highest BCUT2D eigenvalue weighted by molar-refractivity contribution is 6.12. The van der Waals surface area contributed by atoms with E-state index in [4.69, 9.17) is 0 Å². The van der Waals surface area contributed by atoms with E-state index in [9.17, 15) is 0 Å². The Kier molecular flexibility index (Phi) is 5.15. The van der Waals surface area contributed by atoms with Gasteiger partial charge in [0, 0.05) is 63.6 Å². The molecule has 7 aromatic rings. The molecule has 0 radical (unpaired) electrons. The first-order chi connectivity index (χ1) is 18.8. The van der Waals surface area contributed by atoms with Gasteiger partial charge in [-0.2, -0.15) is 0 Å². The quantitative estimate of drug-likeness (QED) is 0.232. The van der Waals surface area contributed by atoms with E-state index < -0.39 is 0 Å². The largest absolute Gasteiger partial charge is 0.378 e. The maximum Gasteiger partial charge on any atom is 0.0547 e. The summed E-state index contributed by atoms with van der Waals surface area (Å²) in [5, 5.41) is 5.16. The van der Waals surface area contributed by atoms with Crippen LogP contribution in [0.3, 0.4) is 0 Å². The van der Waals surface area contributed by atoms with Crippen LogP contribution in [0, 0.1) is 0 Å². The highest BCUT2D eigenvalue weighted by atomic mass is 15.1. The third kappa shape index (κ3) is 3.64. The van der Waals surface area contributed by atoms with Gasteiger partial charge in [-0.3, -0.25) is 0 Å². The maximum atomic E-state index is 2.47. The Hall–Kier alpha value is -4.50. The maximum absolute atomic E-state index is 2.47. The molecule has 3 heteroatoms. The second-order valence-corrected chi connectivity index (χ2v) is 11.8. The summed E-state index contributed by atoms with van der Waals surface area (Å²) in [4.78, 5) is 2.14. The zero-order valence-corrected chi connectivity index (χ0v) is 23.2. The van der Waals surface area contributed by atoms with Gasteiger partial charge in [0.2, 0.25) is 0 Å². The van der Waals surface area contributed by atoms with Crippen molar-refractivity contribution in [3.63, 3.8) is 0 Å². The van der Waals surface area contributed by atoms with E-state index in [1.807, 2.05) is 0 Å². The van der Waals surface area contributed by atoms with E-state index in [1.54, 1.807) is 0 Å². The number of aromatic nitrogens is 2. The number of nitrogens with zero attached hydrogens (tertiary/aromatic N) is 3. The monoisotopic (exact) mass is 507 g/mol. The predicted molar refractivity (Wildman–Crippen MR) is 169 cm³/mol. The molecule has 5 aromatic carbocycles. The Morgan fingerprint density at radius 1 is 0.513 bits per heavy atom. The minimum Gasteiger partial charge on any atom is -0.378 e. The van der Waals surface area contributed by atoms with Crippen LogP contribution in [0.5, 0.6) is 0 Å². The van der Waals surface area contributed by atoms with Gasteiger partial charge in [0.25, 0.3) is 0 Å². The van der Waals surface area contributed by atoms with E-state index >= 15 is 0 Å². The SMILES string of the molecule is CN(C)c1ccc(-n2c3ccccc3c3ccc(-c4ccc5c(c4)c4ccccc4n5C(C)(C)C)cc32)cc1. The van der Waals surface area contributed by atoms with Crippen molar-refractivity contribution in [1.29, 1.82) is 0 Å². The molecule has 39 heavy (non-hydrogen) atoms. The van der Waals surface area contributed by atoms with Gasteiger partial charge in [-0.05, 0) is 86.5 Å². The van der Waals surface area contributed by atoms with Gasteiger partial charge in [0.1, 0.15) is 0 Å². The summed E-state index contributed by atoms with van der Waals surface area (Å²) >= 11 is 0. The van der Waals surface area contributed by atoms with Crippen molar-refractivity contribution < 1.29 is 0 Å². The number of hydrogen-bond acceptors (Lipinski definition) is 1. The van der Waals surface area contributed by atoms with E-state index in [0.29, 0.717) is 0 Å². The van der Waals surface area contributed by atoms with Crippen LogP contribution < -0.4 is 4.90 Å². The molecule has 7 rings (SSSR count). The van der Waals surface area contributed by atoms with Crippen molar-refractivity contribution in [2.75, 3.05) is 19.0 Å². The number of fused-ring (bicyclic) bond motifs is 6. The molecule has 0 saturated heterocycles. The summed E-state index contributed by atoms with van der Waals surface area (Å²) in [5.74, 6) is 0. The Bertz CT molecular complexity index is 2010. The summed E-state index contributed by atoms with van der Waals surface area (Å²) in [6.45, 7) is 6.85. The Morgan fingerprint density at radius 2 is 1.08 bits per heavy atom. The van der Waals surface area contributed by atoms with Gasteiger partial charge in [-0.1, -0.05) is 54.6 Å². The average molecular weight is 508 g/mol. The number of hydrogen-bond donors (Lipinski definition) is 0. The fourth-order valence-corrected chi connectivity index (χ4v) is 6.20. The number of benzene rings is 5. The Morgan fingerprint density at radius 3 is 1.77 bits per heavy atom. The van der Waals surface area contributed by atoms with Crippen LogP contribution in [0.2, 0.25) is 0 Å². The molecule has 0 fully saturated rings. The highest BCUT2D eigenvalue weighted by Crippen LogP contribution is 2.38. The Balaban J connectivity index is 1.46. The van der Waals surface area contributed by atoms with Gasteiger partial charge in [-0.15, -0.1) is 0 Å². The molecule has 0 N–H and O–H groups in total. The molecule has 0 atom stereocenters. The normalized spacial score (nSPS) is 12.2. The molecule has 0 aliphatic carbocycles. The van der Waals surface area contributed by atoms with E-state index in [0.717, 1.165) is 0 Å². The number of anilines is 1. The summed E-state index contributed by atoms with van der Waals surface area (Å²) in [6.07, 6.45) is 0. The summed E-state index contributed by atoms with van der Waals surface area (Å²) in [7, 11) is 4.16. The molecule has 0 amide bonds. The van der Waals surface area contributed by atoms with Crippen LogP contribution in [-0.2, 0) is 5.54 Å². The lowest BCUT2D eigenvalue weighted by Crippen LogP contribution is -2.21. The lowest BCUT2D eigenvalue weighted by molar-refractivity contribution is 0.423. The van der Waals surface area contributed by atoms with Gasteiger partial charge < -0.3 is 14.0 Å². The fraction of sp³-hybridized carbons (Fsp3) is 0.167. The molecule has 0 saturated carbocycles. The van der Waals surface area contributed by atoms with E-state index in [1.165, 1.54) is 66.1 Å². The molecule has 192 valence electrons. The minimum absolute atomic E-state index is 0.00908. The van der Waals surface area contributed by atoms with Crippen LogP contribution in [0.4, 0.5) is 5.69 Å². The van der Waals surface area contributed by atoms with Crippen molar-refractivity contribution >= 4 is 49.3 Å². The first-order valence-corrected chi connectivity index (χ1v) is 13.7. The molecule has 0 bridgehead atoms. The van der Waals surface area contributed by atoms with Crippen LogP contribution in [0.1, 0.15) is 20.8 Å². The van der Waals surface area contributed by atoms with E-state index in [2.05, 4.69) is 158 Å². The molecule has 0 unspecified atom stereocenters. The third-order valence-corrected chi connectivity index (χ3v) is 7.97. The second-order valence-electron chi connectivity index (χ2n) is 11.8. The summed E-state index contributed by atoms with van der Waals surface area (Å²) in [5.41, 5.74) is 9.85. The van der Waals surface area contributed by atoms with Crippen LogP contribution in [0.25, 0.3) is 60.4 Å². The lowest BCUT2D eigenvalue weighted by atomic mass is 10.0. The average Bonchev–Trinajstić information content (AvgIpc) is 3.45. The lowest BCUT2D eigenvalue weighted by Gasteiger charge is -2.24. The predicted octanol–water partition coefficient (Wildman–Crippen LogP) is 9.38. The van der Waals surface area contributed by atoms with E-state index in [-0.39, 0.29) is 5.54 Å².